The van der Waals surface area contributed by atoms with Crippen LogP contribution in [0.25, 0.3) is 10.9 Å². The average Bonchev–Trinajstić information content (AvgIpc) is 3.08. The van der Waals surface area contributed by atoms with Gasteiger partial charge in [-0.15, -0.1) is 11.8 Å². The van der Waals surface area contributed by atoms with Crippen LogP contribution in [-0.4, -0.2) is 78.9 Å². The molecule has 2 aromatic carbocycles. The second-order valence-corrected chi connectivity index (χ2v) is 13.2. The molecule has 3 aromatic rings. The molecule has 0 aliphatic carbocycles. The van der Waals surface area contributed by atoms with E-state index in [2.05, 4.69) is 15.2 Å². The monoisotopic (exact) mass is 669 g/mol. The van der Waals surface area contributed by atoms with E-state index in [1.165, 1.54) is 13.3 Å². The summed E-state index contributed by atoms with van der Waals surface area (Å²) in [6.45, 7) is 3.50. The van der Waals surface area contributed by atoms with E-state index in [1.807, 2.05) is 0 Å². The van der Waals surface area contributed by atoms with E-state index in [0.29, 0.717) is 86.0 Å². The summed E-state index contributed by atoms with van der Waals surface area (Å²) in [6, 6.07) is 6.45. The molecule has 0 spiro atoms. The molecular weight excluding hydrogens is 625 g/mol. The third-order valence-corrected chi connectivity index (χ3v) is 10.2. The van der Waals surface area contributed by atoms with Crippen LogP contribution in [0.5, 0.6) is 5.75 Å². The number of pyridine rings is 1. The van der Waals surface area contributed by atoms with Gasteiger partial charge in [-0.1, -0.05) is 0 Å². The number of aliphatic hydroxyl groups is 2. The third kappa shape index (κ3) is 9.53. The Labute approximate surface area is 271 Å². The highest BCUT2D eigenvalue weighted by Crippen LogP contribution is 2.41. The van der Waals surface area contributed by atoms with E-state index in [0.717, 1.165) is 37.7 Å². The van der Waals surface area contributed by atoms with Crippen LogP contribution in [0.15, 0.2) is 41.4 Å². The maximum absolute atomic E-state index is 15.7. The standard InChI is InChI=1S/C28H31F5N2O2S.C6H13NO/c1-37-20-2-3-25-21(14-20)26(18(15-29)16-34-25)22(31)4-5-28(17-36)6-8-35(9-7-28)10-11-38-27-23(32)12-19(30)13-24(27)33;8-5-6-1-3-7-4-2-6/h2-3,12-14,16,22,36H,4-11,15,17H2,1H3;6-8H,1-5H2/t22-;/m1./s1. The molecule has 3 N–H and O–H groups in total. The third-order valence-electron chi connectivity index (χ3n) is 9.17. The van der Waals surface area contributed by atoms with Crippen molar-refractivity contribution in [1.82, 2.24) is 15.2 Å². The van der Waals surface area contributed by atoms with Crippen LogP contribution in [0.1, 0.15) is 55.8 Å². The van der Waals surface area contributed by atoms with Crippen LogP contribution < -0.4 is 10.1 Å². The molecule has 2 fully saturated rings. The SMILES string of the molecule is COc1ccc2ncc(CF)c([C@H](F)CCC3(CO)CCN(CCSc4c(F)cc(F)cc4F)CC3)c2c1.OCC1CCNCC1. The Hall–Kier alpha value is -2.51. The number of hydrogen-bond acceptors (Lipinski definition) is 7. The molecule has 2 aliphatic heterocycles. The van der Waals surface area contributed by atoms with E-state index in [1.54, 1.807) is 18.2 Å². The number of ether oxygens (including phenoxy) is 1. The summed E-state index contributed by atoms with van der Waals surface area (Å²) in [4.78, 5) is 6.19. The Bertz CT molecular complexity index is 1380. The highest BCUT2D eigenvalue weighted by atomic mass is 32.2. The molecule has 254 valence electrons. The van der Waals surface area contributed by atoms with Gasteiger partial charge >= 0.3 is 0 Å². The number of nitrogens with zero attached hydrogens (tertiary/aromatic N) is 2. The van der Waals surface area contributed by atoms with Gasteiger partial charge in [-0.2, -0.15) is 0 Å². The highest BCUT2D eigenvalue weighted by Gasteiger charge is 2.35. The van der Waals surface area contributed by atoms with Crippen LogP contribution in [0.4, 0.5) is 22.0 Å². The number of likely N-dealkylation sites (tertiary alicyclic amines) is 1. The van der Waals surface area contributed by atoms with E-state index in [4.69, 9.17) is 9.84 Å². The maximum atomic E-state index is 15.7. The molecule has 1 aromatic heterocycles. The Balaban J connectivity index is 0.000000523. The number of rotatable bonds is 12. The predicted octanol–water partition coefficient (Wildman–Crippen LogP) is 6.77. The number of nitrogens with one attached hydrogen (secondary N) is 1. The van der Waals surface area contributed by atoms with E-state index >= 15 is 4.39 Å². The number of aliphatic hydroxyl groups excluding tert-OH is 2. The number of alkyl halides is 2. The molecule has 0 amide bonds. The number of methoxy groups -OCH3 is 1. The quantitative estimate of drug-likeness (QED) is 0.145. The molecule has 2 saturated heterocycles. The summed E-state index contributed by atoms with van der Waals surface area (Å²) in [5, 5.41) is 22.6. The number of fused-ring (bicyclic) bond motifs is 1. The van der Waals surface area contributed by atoms with E-state index in [-0.39, 0.29) is 29.1 Å². The first-order valence-corrected chi connectivity index (χ1v) is 16.8. The van der Waals surface area contributed by atoms with Crippen LogP contribution >= 0.6 is 11.8 Å². The Kier molecular flexibility index (Phi) is 13.9. The molecule has 0 saturated carbocycles. The lowest BCUT2D eigenvalue weighted by molar-refractivity contribution is 0.0322. The highest BCUT2D eigenvalue weighted by molar-refractivity contribution is 7.99. The first-order chi connectivity index (χ1) is 22.2. The lowest BCUT2D eigenvalue weighted by atomic mass is 9.74. The van der Waals surface area contributed by atoms with Crippen molar-refractivity contribution in [1.29, 1.82) is 0 Å². The largest absolute Gasteiger partial charge is 0.497 e. The molecule has 0 bridgehead atoms. The minimum atomic E-state index is -1.43. The number of hydrogen-bond donors (Lipinski definition) is 3. The fourth-order valence-electron chi connectivity index (χ4n) is 6.16. The van der Waals surface area contributed by atoms with Crippen LogP contribution in [-0.2, 0) is 6.67 Å². The van der Waals surface area contributed by atoms with Gasteiger partial charge in [-0.3, -0.25) is 4.98 Å². The van der Waals surface area contributed by atoms with Gasteiger partial charge in [-0.05, 0) is 94.2 Å². The molecule has 12 heteroatoms. The normalized spacial score (nSPS) is 17.8. The fraction of sp³-hybridized carbons (Fsp3) is 0.559. The van der Waals surface area contributed by atoms with Crippen molar-refractivity contribution in [2.24, 2.45) is 11.3 Å². The minimum absolute atomic E-state index is 0.0881. The molecular formula is C34H44F5N3O3S. The number of aromatic nitrogens is 1. The minimum Gasteiger partial charge on any atom is -0.497 e. The first-order valence-electron chi connectivity index (χ1n) is 15.8. The lowest BCUT2D eigenvalue weighted by Crippen LogP contribution is -2.43. The van der Waals surface area contributed by atoms with Gasteiger partial charge in [0.2, 0.25) is 0 Å². The molecule has 0 unspecified atom stereocenters. The zero-order valence-electron chi connectivity index (χ0n) is 26.2. The van der Waals surface area contributed by atoms with Crippen LogP contribution in [0, 0.1) is 28.8 Å². The second-order valence-electron chi connectivity index (χ2n) is 12.1. The summed E-state index contributed by atoms with van der Waals surface area (Å²) >= 11 is 0.998. The van der Waals surface area contributed by atoms with Crippen molar-refractivity contribution in [2.75, 3.05) is 58.8 Å². The van der Waals surface area contributed by atoms with Crippen molar-refractivity contribution < 1.29 is 36.9 Å². The molecule has 2 aliphatic rings. The van der Waals surface area contributed by atoms with Crippen molar-refractivity contribution in [3.05, 3.63) is 65.1 Å². The fourth-order valence-corrected chi connectivity index (χ4v) is 7.11. The predicted molar refractivity (Wildman–Crippen MR) is 171 cm³/mol. The smallest absolute Gasteiger partial charge is 0.142 e. The van der Waals surface area contributed by atoms with Crippen LogP contribution in [0.2, 0.25) is 0 Å². The number of halogens is 5. The van der Waals surface area contributed by atoms with Gasteiger partial charge in [-0.25, -0.2) is 22.0 Å². The van der Waals surface area contributed by atoms with E-state index in [9.17, 15) is 22.7 Å². The molecule has 6 nitrogen and oxygen atoms in total. The van der Waals surface area contributed by atoms with Gasteiger partial charge < -0.3 is 25.2 Å². The van der Waals surface area contributed by atoms with Crippen molar-refractivity contribution in [3.63, 3.8) is 0 Å². The van der Waals surface area contributed by atoms with Gasteiger partial charge in [0.25, 0.3) is 0 Å². The second kappa shape index (κ2) is 17.6. The van der Waals surface area contributed by atoms with Gasteiger partial charge in [0.15, 0.2) is 0 Å². The Morgan fingerprint density at radius 1 is 1.09 bits per heavy atom. The van der Waals surface area contributed by atoms with E-state index < -0.39 is 35.7 Å². The average molecular weight is 670 g/mol. The van der Waals surface area contributed by atoms with Crippen molar-refractivity contribution >= 4 is 22.7 Å². The summed E-state index contributed by atoms with van der Waals surface area (Å²) in [5.41, 5.74) is 0.584. The molecule has 3 heterocycles. The maximum Gasteiger partial charge on any atom is 0.142 e. The van der Waals surface area contributed by atoms with Crippen molar-refractivity contribution in [3.8, 4) is 5.75 Å². The number of piperidine rings is 2. The molecule has 5 rings (SSSR count). The van der Waals surface area contributed by atoms with Crippen LogP contribution in [0.3, 0.4) is 0 Å². The number of benzene rings is 2. The topological polar surface area (TPSA) is 77.9 Å². The summed E-state index contributed by atoms with van der Waals surface area (Å²) in [6.07, 6.45) is 4.08. The summed E-state index contributed by atoms with van der Waals surface area (Å²) in [7, 11) is 1.51. The zero-order chi connectivity index (χ0) is 33.1. The Morgan fingerprint density at radius 2 is 1.78 bits per heavy atom. The molecule has 0 radical (unpaired) electrons. The van der Waals surface area contributed by atoms with Gasteiger partial charge in [0.05, 0.1) is 17.5 Å². The van der Waals surface area contributed by atoms with Gasteiger partial charge in [0.1, 0.15) is 36.0 Å². The lowest BCUT2D eigenvalue weighted by Gasteiger charge is -2.41. The zero-order valence-corrected chi connectivity index (χ0v) is 27.0. The molecule has 46 heavy (non-hydrogen) atoms. The summed E-state index contributed by atoms with van der Waals surface area (Å²) in [5.74, 6) is -1.25. The number of thioether (sulfide) groups is 1. The Morgan fingerprint density at radius 3 is 2.37 bits per heavy atom. The first kappa shape index (κ1) is 36.3. The van der Waals surface area contributed by atoms with Gasteiger partial charge in [0, 0.05) is 60.4 Å². The molecule has 1 atom stereocenters. The van der Waals surface area contributed by atoms with Crippen molar-refractivity contribution in [2.45, 2.75) is 56.3 Å². The summed E-state index contributed by atoms with van der Waals surface area (Å²) < 4.78 is 75.6.